The number of fused-ring (bicyclic) bond motifs is 1. The largest absolute Gasteiger partial charge is 0.376 e. The average Bonchev–Trinajstić information content (AvgIpc) is 2.43. The Hall–Kier alpha value is -1.00. The molecule has 2 aliphatic heterocycles. The van der Waals surface area contributed by atoms with Crippen molar-refractivity contribution in [1.29, 1.82) is 0 Å². The van der Waals surface area contributed by atoms with Gasteiger partial charge in [0.1, 0.15) is 0 Å². The quantitative estimate of drug-likeness (QED) is 0.832. The van der Waals surface area contributed by atoms with Crippen LogP contribution in [0.2, 0.25) is 0 Å². The molecule has 1 saturated heterocycles. The van der Waals surface area contributed by atoms with Crippen molar-refractivity contribution < 1.29 is 9.53 Å². The molecule has 0 saturated carbocycles. The van der Waals surface area contributed by atoms with Crippen LogP contribution in [0.5, 0.6) is 0 Å². The Kier molecular flexibility index (Phi) is 3.80. The Balaban J connectivity index is 1.82. The van der Waals surface area contributed by atoms with E-state index in [1.54, 1.807) is 11.8 Å². The lowest BCUT2D eigenvalue weighted by atomic mass is 10.1. The minimum atomic E-state index is 0.204. The number of ether oxygens (including phenoxy) is 1. The van der Waals surface area contributed by atoms with E-state index in [1.165, 1.54) is 16.9 Å². The highest BCUT2D eigenvalue weighted by molar-refractivity contribution is 8.00. The van der Waals surface area contributed by atoms with Gasteiger partial charge in [0.15, 0.2) is 0 Å². The second-order valence-corrected chi connectivity index (χ2v) is 6.27. The van der Waals surface area contributed by atoms with E-state index < -0.39 is 0 Å². The van der Waals surface area contributed by atoms with E-state index in [9.17, 15) is 4.79 Å². The van der Waals surface area contributed by atoms with Crippen LogP contribution >= 0.6 is 11.8 Å². The maximum Gasteiger partial charge on any atom is 0.237 e. The van der Waals surface area contributed by atoms with Gasteiger partial charge in [-0.25, -0.2) is 0 Å². The average molecular weight is 277 g/mol. The van der Waals surface area contributed by atoms with Crippen molar-refractivity contribution in [2.75, 3.05) is 23.8 Å². The van der Waals surface area contributed by atoms with Crippen molar-refractivity contribution in [1.82, 2.24) is 0 Å². The van der Waals surface area contributed by atoms with Crippen molar-refractivity contribution in [3.05, 3.63) is 23.8 Å². The van der Waals surface area contributed by atoms with Gasteiger partial charge in [-0.15, -0.1) is 11.8 Å². The fraction of sp³-hybridized carbons (Fsp3) is 0.533. The van der Waals surface area contributed by atoms with Gasteiger partial charge in [-0.2, -0.15) is 0 Å². The van der Waals surface area contributed by atoms with E-state index in [0.717, 1.165) is 25.1 Å². The van der Waals surface area contributed by atoms with Crippen LogP contribution in [0.1, 0.15) is 24.8 Å². The van der Waals surface area contributed by atoms with Crippen LogP contribution in [0, 0.1) is 6.92 Å². The molecule has 0 spiro atoms. The summed E-state index contributed by atoms with van der Waals surface area (Å²) in [6, 6.07) is 6.31. The molecule has 1 amide bonds. The zero-order valence-corrected chi connectivity index (χ0v) is 12.0. The van der Waals surface area contributed by atoms with Gasteiger partial charge >= 0.3 is 0 Å². The summed E-state index contributed by atoms with van der Waals surface area (Å²) >= 11 is 1.64. The fourth-order valence-electron chi connectivity index (χ4n) is 2.67. The lowest BCUT2D eigenvalue weighted by Gasteiger charge is -2.33. The molecule has 102 valence electrons. The van der Waals surface area contributed by atoms with Gasteiger partial charge in [-0.05, 0) is 43.9 Å². The summed E-state index contributed by atoms with van der Waals surface area (Å²) < 4.78 is 5.77. The molecule has 4 heteroatoms. The molecule has 1 atom stereocenters. The summed E-state index contributed by atoms with van der Waals surface area (Å²) in [7, 11) is 0. The number of carbonyl (C=O) groups is 1. The third-order valence-corrected chi connectivity index (χ3v) is 4.75. The van der Waals surface area contributed by atoms with Crippen molar-refractivity contribution in [3.8, 4) is 0 Å². The Morgan fingerprint density at radius 1 is 1.42 bits per heavy atom. The number of carbonyl (C=O) groups excluding carboxylic acids is 1. The van der Waals surface area contributed by atoms with Gasteiger partial charge in [-0.3, -0.25) is 4.79 Å². The fourth-order valence-corrected chi connectivity index (χ4v) is 3.70. The van der Waals surface area contributed by atoms with Crippen molar-refractivity contribution in [2.24, 2.45) is 0 Å². The summed E-state index contributed by atoms with van der Waals surface area (Å²) in [6.07, 6.45) is 3.63. The number of rotatable bonds is 2. The van der Waals surface area contributed by atoms with Crippen LogP contribution in [0.15, 0.2) is 23.1 Å². The van der Waals surface area contributed by atoms with Crippen LogP contribution in [0.3, 0.4) is 0 Å². The van der Waals surface area contributed by atoms with Crippen molar-refractivity contribution in [3.63, 3.8) is 0 Å². The third kappa shape index (κ3) is 2.79. The Morgan fingerprint density at radius 2 is 2.32 bits per heavy atom. The lowest BCUT2D eigenvalue weighted by molar-refractivity contribution is -0.116. The van der Waals surface area contributed by atoms with Crippen molar-refractivity contribution in [2.45, 2.75) is 37.2 Å². The first-order valence-electron chi connectivity index (χ1n) is 6.89. The van der Waals surface area contributed by atoms with E-state index in [0.29, 0.717) is 12.3 Å². The molecule has 3 nitrogen and oxygen atoms in total. The molecular formula is C15H19NO2S. The molecule has 0 N–H and O–H groups in total. The van der Waals surface area contributed by atoms with E-state index in [-0.39, 0.29) is 12.0 Å². The SMILES string of the molecule is Cc1ccc2c(c1)SCC(=O)N2C[C@H]1CCCCO1. The third-order valence-electron chi connectivity index (χ3n) is 3.72. The monoisotopic (exact) mass is 277 g/mol. The molecule has 1 fully saturated rings. The predicted octanol–water partition coefficient (Wildman–Crippen LogP) is 3.00. The minimum Gasteiger partial charge on any atom is -0.376 e. The number of hydrogen-bond donors (Lipinski definition) is 0. The second-order valence-electron chi connectivity index (χ2n) is 5.25. The molecule has 1 aromatic rings. The summed E-state index contributed by atoms with van der Waals surface area (Å²) in [5.74, 6) is 0.749. The maximum absolute atomic E-state index is 12.2. The van der Waals surface area contributed by atoms with E-state index in [1.807, 2.05) is 4.90 Å². The first kappa shape index (κ1) is 13.0. The van der Waals surface area contributed by atoms with Gasteiger partial charge in [0.05, 0.1) is 24.1 Å². The number of thioether (sulfide) groups is 1. The summed E-state index contributed by atoms with van der Waals surface area (Å²) in [6.45, 7) is 3.63. The van der Waals surface area contributed by atoms with Crippen LogP contribution in [0.25, 0.3) is 0 Å². The van der Waals surface area contributed by atoms with E-state index in [2.05, 4.69) is 25.1 Å². The molecule has 0 unspecified atom stereocenters. The summed E-state index contributed by atoms with van der Waals surface area (Å²) in [5, 5.41) is 0. The highest BCUT2D eigenvalue weighted by Gasteiger charge is 2.28. The molecule has 19 heavy (non-hydrogen) atoms. The number of nitrogens with zero attached hydrogens (tertiary/aromatic N) is 1. The second kappa shape index (κ2) is 5.55. The zero-order chi connectivity index (χ0) is 13.2. The maximum atomic E-state index is 12.2. The highest BCUT2D eigenvalue weighted by atomic mass is 32.2. The molecule has 2 aliphatic rings. The van der Waals surface area contributed by atoms with Crippen LogP contribution in [0.4, 0.5) is 5.69 Å². The Bertz CT molecular complexity index is 483. The highest BCUT2D eigenvalue weighted by Crippen LogP contribution is 2.36. The van der Waals surface area contributed by atoms with Crippen LogP contribution in [-0.2, 0) is 9.53 Å². The number of benzene rings is 1. The lowest BCUT2D eigenvalue weighted by Crippen LogP contribution is -2.42. The van der Waals surface area contributed by atoms with Gasteiger partial charge in [0.25, 0.3) is 0 Å². The summed E-state index contributed by atoms with van der Waals surface area (Å²) in [4.78, 5) is 15.3. The Labute approximate surface area is 118 Å². The Morgan fingerprint density at radius 3 is 3.11 bits per heavy atom. The molecule has 0 aromatic heterocycles. The molecule has 0 aliphatic carbocycles. The molecule has 0 radical (unpaired) electrons. The summed E-state index contributed by atoms with van der Waals surface area (Å²) in [5.41, 5.74) is 2.30. The van der Waals surface area contributed by atoms with Crippen LogP contribution in [-0.4, -0.2) is 30.9 Å². The van der Waals surface area contributed by atoms with Crippen molar-refractivity contribution >= 4 is 23.4 Å². The van der Waals surface area contributed by atoms with Crippen LogP contribution < -0.4 is 4.90 Å². The topological polar surface area (TPSA) is 29.5 Å². The number of anilines is 1. The smallest absolute Gasteiger partial charge is 0.237 e. The molecule has 1 aromatic carbocycles. The first-order chi connectivity index (χ1) is 9.24. The number of hydrogen-bond acceptors (Lipinski definition) is 3. The molecule has 2 heterocycles. The molecular weight excluding hydrogens is 258 g/mol. The number of amides is 1. The molecule has 3 rings (SSSR count). The first-order valence-corrected chi connectivity index (χ1v) is 7.88. The predicted molar refractivity (Wildman–Crippen MR) is 77.8 cm³/mol. The van der Waals surface area contributed by atoms with Gasteiger partial charge in [-0.1, -0.05) is 6.07 Å². The standard InChI is InChI=1S/C15H19NO2S/c1-11-5-6-13-14(8-11)19-10-15(17)16(13)9-12-4-2-3-7-18-12/h5-6,8,12H,2-4,7,9-10H2,1H3/t12-/m1/s1. The normalized spacial score (nSPS) is 23.3. The van der Waals surface area contributed by atoms with E-state index in [4.69, 9.17) is 4.74 Å². The zero-order valence-electron chi connectivity index (χ0n) is 11.2. The minimum absolute atomic E-state index is 0.204. The van der Waals surface area contributed by atoms with Gasteiger partial charge in [0.2, 0.25) is 5.91 Å². The van der Waals surface area contributed by atoms with Gasteiger partial charge < -0.3 is 9.64 Å². The van der Waals surface area contributed by atoms with E-state index >= 15 is 0 Å². The number of aryl methyl sites for hydroxylation is 1. The molecule has 0 bridgehead atoms. The van der Waals surface area contributed by atoms with Gasteiger partial charge in [0, 0.05) is 11.5 Å².